The minimum absolute atomic E-state index is 0.00677. The first kappa shape index (κ1) is 19.4. The van der Waals surface area contributed by atoms with Crippen LogP contribution in [-0.4, -0.2) is 20.8 Å². The quantitative estimate of drug-likeness (QED) is 0.387. The third kappa shape index (κ3) is 3.79. The molecule has 1 N–H and O–H groups in total. The molecular formula is C20H12F4N4O2. The second kappa shape index (κ2) is 7.82. The van der Waals surface area contributed by atoms with Crippen molar-refractivity contribution in [1.29, 1.82) is 0 Å². The topological polar surface area (TPSA) is 73.0 Å². The van der Waals surface area contributed by atoms with E-state index in [2.05, 4.69) is 15.6 Å². The van der Waals surface area contributed by atoms with Crippen molar-refractivity contribution in [3.05, 3.63) is 89.3 Å². The number of aromatic nitrogens is 3. The molecule has 0 aliphatic carbocycles. The lowest BCUT2D eigenvalue weighted by Crippen LogP contribution is -2.13. The van der Waals surface area contributed by atoms with Crippen molar-refractivity contribution in [3.8, 4) is 11.3 Å². The molecule has 0 saturated heterocycles. The third-order valence-electron chi connectivity index (χ3n) is 4.21. The standard InChI is InChI=1S/C20H12F4N4O2/c21-13-8-14(22)19(24)12(18(13)23)10-28-7-6-17(26-28)25-20(29)15-9-16(30-27-15)11-4-2-1-3-5-11/h1-9H,10H2,(H,25,26,29). The molecule has 0 fully saturated rings. The van der Waals surface area contributed by atoms with Gasteiger partial charge in [-0.1, -0.05) is 35.5 Å². The van der Waals surface area contributed by atoms with Crippen LogP contribution in [0.5, 0.6) is 0 Å². The maximum atomic E-state index is 13.8. The number of halogens is 4. The van der Waals surface area contributed by atoms with Crippen LogP contribution in [0.3, 0.4) is 0 Å². The van der Waals surface area contributed by atoms with E-state index in [4.69, 9.17) is 4.52 Å². The summed E-state index contributed by atoms with van der Waals surface area (Å²) in [5.41, 5.74) is -0.0927. The van der Waals surface area contributed by atoms with Gasteiger partial charge in [-0.25, -0.2) is 17.6 Å². The van der Waals surface area contributed by atoms with E-state index < -0.39 is 41.3 Å². The molecule has 2 aromatic heterocycles. The number of rotatable bonds is 5. The highest BCUT2D eigenvalue weighted by Gasteiger charge is 2.20. The number of anilines is 1. The summed E-state index contributed by atoms with van der Waals surface area (Å²) < 4.78 is 60.4. The molecule has 0 unspecified atom stereocenters. The van der Waals surface area contributed by atoms with E-state index in [-0.39, 0.29) is 17.6 Å². The van der Waals surface area contributed by atoms with Gasteiger partial charge in [0.05, 0.1) is 12.1 Å². The summed E-state index contributed by atoms with van der Waals surface area (Å²) in [5, 5.41) is 10.1. The summed E-state index contributed by atoms with van der Waals surface area (Å²) in [5.74, 6) is -6.22. The van der Waals surface area contributed by atoms with Crippen molar-refractivity contribution in [2.24, 2.45) is 0 Å². The van der Waals surface area contributed by atoms with Gasteiger partial charge in [0.2, 0.25) is 0 Å². The molecule has 6 nitrogen and oxygen atoms in total. The van der Waals surface area contributed by atoms with Gasteiger partial charge in [0.15, 0.2) is 40.5 Å². The van der Waals surface area contributed by atoms with Gasteiger partial charge in [-0.2, -0.15) is 5.10 Å². The molecule has 0 radical (unpaired) electrons. The van der Waals surface area contributed by atoms with Crippen LogP contribution in [0.15, 0.2) is 59.3 Å². The van der Waals surface area contributed by atoms with E-state index in [1.807, 2.05) is 6.07 Å². The molecule has 0 aliphatic rings. The lowest BCUT2D eigenvalue weighted by molar-refractivity contribution is 0.101. The van der Waals surface area contributed by atoms with Crippen LogP contribution in [0.1, 0.15) is 16.1 Å². The van der Waals surface area contributed by atoms with Gasteiger partial charge in [-0.3, -0.25) is 9.48 Å². The van der Waals surface area contributed by atoms with Crippen molar-refractivity contribution in [3.63, 3.8) is 0 Å². The lowest BCUT2D eigenvalue weighted by Gasteiger charge is -2.07. The molecule has 0 bridgehead atoms. The van der Waals surface area contributed by atoms with Crippen molar-refractivity contribution < 1.29 is 26.9 Å². The van der Waals surface area contributed by atoms with E-state index in [0.717, 1.165) is 10.2 Å². The summed E-state index contributed by atoms with van der Waals surface area (Å²) in [4.78, 5) is 12.3. The maximum absolute atomic E-state index is 13.8. The molecule has 1 amide bonds. The van der Waals surface area contributed by atoms with Gasteiger partial charge >= 0.3 is 0 Å². The summed E-state index contributed by atoms with van der Waals surface area (Å²) >= 11 is 0. The van der Waals surface area contributed by atoms with Gasteiger partial charge in [-0.15, -0.1) is 0 Å². The van der Waals surface area contributed by atoms with E-state index in [1.54, 1.807) is 24.3 Å². The maximum Gasteiger partial charge on any atom is 0.279 e. The molecule has 2 heterocycles. The van der Waals surface area contributed by atoms with Crippen LogP contribution >= 0.6 is 0 Å². The number of hydrogen-bond donors (Lipinski definition) is 1. The first-order valence-electron chi connectivity index (χ1n) is 8.61. The molecule has 2 aromatic carbocycles. The van der Waals surface area contributed by atoms with Gasteiger partial charge in [0, 0.05) is 30.0 Å². The van der Waals surface area contributed by atoms with Crippen LogP contribution in [0, 0.1) is 23.3 Å². The Morgan fingerprint density at radius 2 is 1.70 bits per heavy atom. The second-order valence-electron chi connectivity index (χ2n) is 6.24. The zero-order chi connectivity index (χ0) is 21.3. The molecule has 4 aromatic rings. The normalized spacial score (nSPS) is 10.9. The average Bonchev–Trinajstić information content (AvgIpc) is 3.40. The van der Waals surface area contributed by atoms with Crippen LogP contribution < -0.4 is 5.32 Å². The number of carbonyl (C=O) groups excluding carboxylic acids is 1. The fraction of sp³-hybridized carbons (Fsp3) is 0.0500. The largest absolute Gasteiger partial charge is 0.355 e. The predicted molar refractivity (Wildman–Crippen MR) is 97.5 cm³/mol. The SMILES string of the molecule is O=C(Nc1ccn(Cc2c(F)c(F)cc(F)c2F)n1)c1cc(-c2ccccc2)on1. The highest BCUT2D eigenvalue weighted by molar-refractivity contribution is 6.02. The number of carbonyl (C=O) groups is 1. The number of benzene rings is 2. The van der Waals surface area contributed by atoms with Crippen LogP contribution in [0.4, 0.5) is 23.4 Å². The Balaban J connectivity index is 1.48. The van der Waals surface area contributed by atoms with Gasteiger partial charge < -0.3 is 9.84 Å². The molecular weight excluding hydrogens is 404 g/mol. The molecule has 0 atom stereocenters. The zero-order valence-electron chi connectivity index (χ0n) is 15.1. The van der Waals surface area contributed by atoms with Gasteiger partial charge in [0.1, 0.15) is 0 Å². The van der Waals surface area contributed by atoms with E-state index in [9.17, 15) is 22.4 Å². The van der Waals surface area contributed by atoms with Crippen LogP contribution in [-0.2, 0) is 6.54 Å². The summed E-state index contributed by atoms with van der Waals surface area (Å²) in [6.45, 7) is -0.579. The summed E-state index contributed by atoms with van der Waals surface area (Å²) in [6.07, 6.45) is 1.29. The van der Waals surface area contributed by atoms with E-state index in [1.165, 1.54) is 18.3 Å². The fourth-order valence-corrected chi connectivity index (χ4v) is 2.74. The Kier molecular flexibility index (Phi) is 5.05. The highest BCUT2D eigenvalue weighted by atomic mass is 19.2. The Hall–Kier alpha value is -3.95. The molecule has 152 valence electrons. The minimum Gasteiger partial charge on any atom is -0.355 e. The van der Waals surface area contributed by atoms with Gasteiger partial charge in [-0.05, 0) is 0 Å². The Bertz CT molecular complexity index is 1190. The number of nitrogens with zero attached hydrogens (tertiary/aromatic N) is 3. The number of nitrogens with one attached hydrogen (secondary N) is 1. The summed E-state index contributed by atoms with van der Waals surface area (Å²) in [6, 6.07) is 11.9. The Morgan fingerprint density at radius 1 is 1.00 bits per heavy atom. The lowest BCUT2D eigenvalue weighted by atomic mass is 10.1. The zero-order valence-corrected chi connectivity index (χ0v) is 15.1. The Morgan fingerprint density at radius 3 is 2.40 bits per heavy atom. The first-order chi connectivity index (χ1) is 14.4. The fourth-order valence-electron chi connectivity index (χ4n) is 2.74. The van der Waals surface area contributed by atoms with Gasteiger partial charge in [0.25, 0.3) is 5.91 Å². The van der Waals surface area contributed by atoms with Crippen molar-refractivity contribution in [1.82, 2.24) is 14.9 Å². The first-order valence-corrected chi connectivity index (χ1v) is 8.61. The molecule has 30 heavy (non-hydrogen) atoms. The Labute approximate surface area is 166 Å². The van der Waals surface area contributed by atoms with E-state index in [0.29, 0.717) is 5.76 Å². The van der Waals surface area contributed by atoms with E-state index >= 15 is 0 Å². The van der Waals surface area contributed by atoms with Crippen molar-refractivity contribution in [2.45, 2.75) is 6.54 Å². The molecule has 0 spiro atoms. The summed E-state index contributed by atoms with van der Waals surface area (Å²) in [7, 11) is 0. The van der Waals surface area contributed by atoms with Crippen molar-refractivity contribution in [2.75, 3.05) is 5.32 Å². The molecule has 4 rings (SSSR count). The number of hydrogen-bond acceptors (Lipinski definition) is 4. The van der Waals surface area contributed by atoms with Crippen LogP contribution in [0.2, 0.25) is 0 Å². The third-order valence-corrected chi connectivity index (χ3v) is 4.21. The monoisotopic (exact) mass is 416 g/mol. The molecule has 10 heteroatoms. The minimum atomic E-state index is -1.51. The predicted octanol–water partition coefficient (Wildman–Crippen LogP) is 4.40. The smallest absolute Gasteiger partial charge is 0.279 e. The number of amides is 1. The van der Waals surface area contributed by atoms with Crippen LogP contribution in [0.25, 0.3) is 11.3 Å². The molecule has 0 saturated carbocycles. The average molecular weight is 416 g/mol. The second-order valence-corrected chi connectivity index (χ2v) is 6.24. The molecule has 0 aliphatic heterocycles. The highest BCUT2D eigenvalue weighted by Crippen LogP contribution is 2.22. The van der Waals surface area contributed by atoms with Crippen molar-refractivity contribution >= 4 is 11.7 Å².